The Bertz CT molecular complexity index is 469. The van der Waals surface area contributed by atoms with Crippen LogP contribution in [-0.4, -0.2) is 35.4 Å². The zero-order valence-corrected chi connectivity index (χ0v) is 13.3. The van der Waals surface area contributed by atoms with E-state index in [9.17, 15) is 4.79 Å². The molecule has 110 valence electrons. The second-order valence-electron chi connectivity index (χ2n) is 5.13. The molecule has 0 bridgehead atoms. The number of hydrogen-bond acceptors (Lipinski definition) is 3. The van der Waals surface area contributed by atoms with Gasteiger partial charge in [0.2, 0.25) is 5.91 Å². The molecule has 0 radical (unpaired) electrons. The Morgan fingerprint density at radius 1 is 1.60 bits per heavy atom. The number of halogens is 1. The molecule has 3 nitrogen and oxygen atoms in total. The van der Waals surface area contributed by atoms with Crippen molar-refractivity contribution in [2.24, 2.45) is 5.73 Å². The molecule has 0 aliphatic carbocycles. The molecule has 1 aromatic rings. The quantitative estimate of drug-likeness (QED) is 0.909. The van der Waals surface area contributed by atoms with E-state index in [-0.39, 0.29) is 18.0 Å². The third kappa shape index (κ3) is 3.68. The first-order valence-corrected chi connectivity index (χ1v) is 8.71. The van der Waals surface area contributed by atoms with E-state index < -0.39 is 0 Å². The van der Waals surface area contributed by atoms with Crippen LogP contribution in [0.5, 0.6) is 0 Å². The van der Waals surface area contributed by atoms with Gasteiger partial charge >= 0.3 is 0 Å². The minimum absolute atomic E-state index is 0.0709. The van der Waals surface area contributed by atoms with Crippen LogP contribution in [0.4, 0.5) is 0 Å². The summed E-state index contributed by atoms with van der Waals surface area (Å²) in [5.74, 6) is 0.990. The highest BCUT2D eigenvalue weighted by Gasteiger charge is 2.32. The topological polar surface area (TPSA) is 46.3 Å². The molecule has 0 spiro atoms. The Hall–Kier alpha value is -0.710. The van der Waals surface area contributed by atoms with Gasteiger partial charge in [0.05, 0.1) is 12.1 Å². The van der Waals surface area contributed by atoms with Crippen LogP contribution in [-0.2, 0) is 4.79 Å². The lowest BCUT2D eigenvalue weighted by Crippen LogP contribution is -2.43. The lowest BCUT2D eigenvalue weighted by molar-refractivity contribution is -0.133. The van der Waals surface area contributed by atoms with Crippen molar-refractivity contribution in [3.05, 3.63) is 34.9 Å². The average Bonchev–Trinajstić information content (AvgIpc) is 2.93. The van der Waals surface area contributed by atoms with Gasteiger partial charge < -0.3 is 10.6 Å². The fourth-order valence-corrected chi connectivity index (χ4v) is 3.36. The minimum Gasteiger partial charge on any atom is -0.334 e. The third-order valence-electron chi connectivity index (χ3n) is 3.72. The van der Waals surface area contributed by atoms with Crippen molar-refractivity contribution < 1.29 is 4.79 Å². The number of hydrogen-bond donors (Lipinski definition) is 1. The predicted octanol–water partition coefficient (Wildman–Crippen LogP) is 3.08. The van der Waals surface area contributed by atoms with Gasteiger partial charge in [0, 0.05) is 11.6 Å². The van der Waals surface area contributed by atoms with Crippen molar-refractivity contribution in [3.63, 3.8) is 0 Å². The van der Waals surface area contributed by atoms with Crippen LogP contribution in [0.25, 0.3) is 0 Å². The number of likely N-dealkylation sites (tertiary alicyclic amines) is 1. The predicted molar refractivity (Wildman–Crippen MR) is 86.1 cm³/mol. The van der Waals surface area contributed by atoms with Gasteiger partial charge in [0.25, 0.3) is 0 Å². The fraction of sp³-hybridized carbons (Fsp3) is 0.533. The van der Waals surface area contributed by atoms with E-state index in [1.165, 1.54) is 0 Å². The van der Waals surface area contributed by atoms with E-state index in [0.29, 0.717) is 5.02 Å². The molecule has 1 aromatic carbocycles. The van der Waals surface area contributed by atoms with Crippen LogP contribution in [0, 0.1) is 0 Å². The highest BCUT2D eigenvalue weighted by molar-refractivity contribution is 7.98. The van der Waals surface area contributed by atoms with Gasteiger partial charge in [0.1, 0.15) is 0 Å². The normalized spacial score (nSPS) is 20.1. The summed E-state index contributed by atoms with van der Waals surface area (Å²) in [6.45, 7) is 0.795. The van der Waals surface area contributed by atoms with Gasteiger partial charge in [-0.3, -0.25) is 4.79 Å². The Morgan fingerprint density at radius 3 is 3.10 bits per heavy atom. The Morgan fingerprint density at radius 2 is 2.40 bits per heavy atom. The highest BCUT2D eigenvalue weighted by atomic mass is 35.5. The highest BCUT2D eigenvalue weighted by Crippen LogP contribution is 2.33. The summed E-state index contributed by atoms with van der Waals surface area (Å²) in [4.78, 5) is 14.4. The maximum absolute atomic E-state index is 12.5. The second kappa shape index (κ2) is 7.34. The SMILES string of the molecule is CSCC[C@@H](N)C(=O)N1CCCC1c1cccc(Cl)c1. The molecule has 0 saturated carbocycles. The van der Waals surface area contributed by atoms with E-state index in [4.69, 9.17) is 17.3 Å². The number of carbonyl (C=O) groups is 1. The van der Waals surface area contributed by atoms with Crippen molar-refractivity contribution >= 4 is 29.3 Å². The molecule has 5 heteroatoms. The number of thioether (sulfide) groups is 1. The van der Waals surface area contributed by atoms with Crippen molar-refractivity contribution in [1.82, 2.24) is 4.90 Å². The zero-order valence-electron chi connectivity index (χ0n) is 11.7. The molecule has 20 heavy (non-hydrogen) atoms. The van der Waals surface area contributed by atoms with Crippen LogP contribution >= 0.6 is 23.4 Å². The van der Waals surface area contributed by atoms with E-state index in [1.54, 1.807) is 11.8 Å². The zero-order chi connectivity index (χ0) is 14.5. The summed E-state index contributed by atoms with van der Waals surface area (Å²) in [7, 11) is 0. The minimum atomic E-state index is -0.387. The van der Waals surface area contributed by atoms with E-state index >= 15 is 0 Å². The molecule has 1 aliphatic heterocycles. The van der Waals surface area contributed by atoms with Crippen LogP contribution in [0.1, 0.15) is 30.9 Å². The molecular formula is C15H21ClN2OS. The Labute approximate surface area is 129 Å². The summed E-state index contributed by atoms with van der Waals surface area (Å²) in [5, 5.41) is 0.716. The fourth-order valence-electron chi connectivity index (χ4n) is 2.67. The first kappa shape index (κ1) is 15.7. The lowest BCUT2D eigenvalue weighted by atomic mass is 10.0. The van der Waals surface area contributed by atoms with E-state index in [1.807, 2.05) is 35.4 Å². The van der Waals surface area contributed by atoms with Crippen LogP contribution in [0.3, 0.4) is 0 Å². The molecule has 2 N–H and O–H groups in total. The number of rotatable bonds is 5. The van der Waals surface area contributed by atoms with Crippen LogP contribution in [0.15, 0.2) is 24.3 Å². The monoisotopic (exact) mass is 312 g/mol. The van der Waals surface area contributed by atoms with Gasteiger partial charge in [0.15, 0.2) is 0 Å². The second-order valence-corrected chi connectivity index (χ2v) is 6.55. The van der Waals surface area contributed by atoms with Crippen LogP contribution in [0.2, 0.25) is 5.02 Å². The first-order chi connectivity index (χ1) is 9.63. The molecule has 2 rings (SSSR count). The molecule has 1 saturated heterocycles. The van der Waals surface area contributed by atoms with Crippen LogP contribution < -0.4 is 5.73 Å². The first-order valence-electron chi connectivity index (χ1n) is 6.94. The van der Waals surface area contributed by atoms with Crippen molar-refractivity contribution in [2.75, 3.05) is 18.6 Å². The van der Waals surface area contributed by atoms with E-state index in [2.05, 4.69) is 0 Å². The third-order valence-corrected chi connectivity index (χ3v) is 4.60. The standard InChI is InChI=1S/C15H21ClN2OS/c1-20-9-7-13(17)15(19)18-8-3-6-14(18)11-4-2-5-12(16)10-11/h2,4-5,10,13-14H,3,6-9,17H2,1H3/t13-,14?/m1/s1. The Balaban J connectivity index is 2.09. The number of amides is 1. The van der Waals surface area contributed by atoms with Gasteiger partial charge in [-0.15, -0.1) is 0 Å². The molecule has 1 aliphatic rings. The molecule has 1 fully saturated rings. The summed E-state index contributed by atoms with van der Waals surface area (Å²) < 4.78 is 0. The maximum atomic E-state index is 12.5. The molecule has 1 amide bonds. The summed E-state index contributed by atoms with van der Waals surface area (Å²) in [6, 6.07) is 7.52. The van der Waals surface area contributed by atoms with Crippen molar-refractivity contribution in [1.29, 1.82) is 0 Å². The molecule has 2 atom stereocenters. The number of nitrogens with two attached hydrogens (primary N) is 1. The maximum Gasteiger partial charge on any atom is 0.240 e. The van der Waals surface area contributed by atoms with Crippen molar-refractivity contribution in [2.45, 2.75) is 31.3 Å². The van der Waals surface area contributed by atoms with Gasteiger partial charge in [-0.1, -0.05) is 23.7 Å². The van der Waals surface area contributed by atoms with Gasteiger partial charge in [-0.05, 0) is 49.0 Å². The molecule has 1 heterocycles. The van der Waals surface area contributed by atoms with Crippen molar-refractivity contribution in [3.8, 4) is 0 Å². The summed E-state index contributed by atoms with van der Waals surface area (Å²) in [6.07, 6.45) is 4.78. The molecular weight excluding hydrogens is 292 g/mol. The summed E-state index contributed by atoms with van der Waals surface area (Å²) in [5.41, 5.74) is 7.13. The smallest absolute Gasteiger partial charge is 0.240 e. The number of nitrogens with zero attached hydrogens (tertiary/aromatic N) is 1. The summed E-state index contributed by atoms with van der Waals surface area (Å²) >= 11 is 7.77. The van der Waals surface area contributed by atoms with E-state index in [0.717, 1.165) is 37.1 Å². The average molecular weight is 313 g/mol. The number of benzene rings is 1. The van der Waals surface area contributed by atoms with Gasteiger partial charge in [-0.25, -0.2) is 0 Å². The molecule has 1 unspecified atom stereocenters. The number of carbonyl (C=O) groups excluding carboxylic acids is 1. The molecule has 0 aromatic heterocycles. The lowest BCUT2D eigenvalue weighted by Gasteiger charge is -2.28. The van der Waals surface area contributed by atoms with Gasteiger partial charge in [-0.2, -0.15) is 11.8 Å². The largest absolute Gasteiger partial charge is 0.334 e. The Kier molecular flexibility index (Phi) is 5.75.